The summed E-state index contributed by atoms with van der Waals surface area (Å²) < 4.78 is 26.3. The fourth-order valence-electron chi connectivity index (χ4n) is 1.67. The summed E-state index contributed by atoms with van der Waals surface area (Å²) in [7, 11) is 0. The number of carboxylic acids is 1. The van der Waals surface area contributed by atoms with Gasteiger partial charge >= 0.3 is 5.97 Å². The Balaban J connectivity index is 2.55. The Kier molecular flexibility index (Phi) is 2.36. The molecule has 16 heavy (non-hydrogen) atoms. The molecule has 1 fully saturated rings. The van der Waals surface area contributed by atoms with Gasteiger partial charge in [0, 0.05) is 6.42 Å². The third kappa shape index (κ3) is 1.46. The van der Waals surface area contributed by atoms with Crippen molar-refractivity contribution >= 4 is 29.2 Å². The Hall–Kier alpha value is -0.940. The van der Waals surface area contributed by atoms with Crippen LogP contribution in [0.1, 0.15) is 12.0 Å². The number of hydrogen-bond acceptors (Lipinski definition) is 2. The summed E-state index contributed by atoms with van der Waals surface area (Å²) in [6.45, 7) is 0. The standard InChI is InChI=1S/C9H5Cl2F2NO2/c10-5-1-4(2-6(11)14-5)8(7(15)16)3-9(8,12)13/h1-2H,3H2,(H,15,16). The van der Waals surface area contributed by atoms with Crippen molar-refractivity contribution in [3.05, 3.63) is 28.0 Å². The summed E-state index contributed by atoms with van der Waals surface area (Å²) >= 11 is 11.1. The van der Waals surface area contributed by atoms with Crippen LogP contribution in [0, 0.1) is 0 Å². The molecule has 2 rings (SSSR count). The van der Waals surface area contributed by atoms with Crippen LogP contribution in [0.25, 0.3) is 0 Å². The van der Waals surface area contributed by atoms with Crippen molar-refractivity contribution in [3.63, 3.8) is 0 Å². The lowest BCUT2D eigenvalue weighted by atomic mass is 9.97. The smallest absolute Gasteiger partial charge is 0.320 e. The Morgan fingerprint density at radius 3 is 2.12 bits per heavy atom. The molecule has 1 aromatic heterocycles. The third-order valence-electron chi connectivity index (χ3n) is 2.61. The Bertz CT molecular complexity index is 460. The number of rotatable bonds is 2. The van der Waals surface area contributed by atoms with E-state index in [1.165, 1.54) is 0 Å². The highest BCUT2D eigenvalue weighted by atomic mass is 35.5. The van der Waals surface area contributed by atoms with E-state index in [2.05, 4.69) is 4.98 Å². The van der Waals surface area contributed by atoms with Crippen molar-refractivity contribution < 1.29 is 18.7 Å². The number of aromatic nitrogens is 1. The second-order valence-electron chi connectivity index (χ2n) is 3.59. The monoisotopic (exact) mass is 267 g/mol. The highest BCUT2D eigenvalue weighted by molar-refractivity contribution is 6.32. The zero-order chi connectivity index (χ0) is 12.1. The van der Waals surface area contributed by atoms with E-state index in [1.807, 2.05) is 0 Å². The zero-order valence-electron chi connectivity index (χ0n) is 7.68. The quantitative estimate of drug-likeness (QED) is 0.839. The summed E-state index contributed by atoms with van der Waals surface area (Å²) in [4.78, 5) is 14.5. The van der Waals surface area contributed by atoms with Crippen molar-refractivity contribution in [2.45, 2.75) is 17.8 Å². The molecule has 1 aliphatic rings. The average Bonchev–Trinajstić information content (AvgIpc) is 2.69. The van der Waals surface area contributed by atoms with Crippen LogP contribution in [0.3, 0.4) is 0 Å². The lowest BCUT2D eigenvalue weighted by Gasteiger charge is -2.11. The summed E-state index contributed by atoms with van der Waals surface area (Å²) in [6.07, 6.45) is -0.744. The Labute approximate surface area is 99.0 Å². The number of nitrogens with zero attached hydrogens (tertiary/aromatic N) is 1. The summed E-state index contributed by atoms with van der Waals surface area (Å²) in [6, 6.07) is 2.20. The number of hydrogen-bond donors (Lipinski definition) is 1. The van der Waals surface area contributed by atoms with Crippen LogP contribution in [0.2, 0.25) is 10.3 Å². The summed E-state index contributed by atoms with van der Waals surface area (Å²) in [5.41, 5.74) is -2.32. The minimum absolute atomic E-state index is 0.106. The van der Waals surface area contributed by atoms with E-state index in [4.69, 9.17) is 28.3 Å². The largest absolute Gasteiger partial charge is 0.480 e. The first-order valence-corrected chi connectivity index (χ1v) is 5.00. The average molecular weight is 268 g/mol. The first-order chi connectivity index (χ1) is 7.29. The van der Waals surface area contributed by atoms with E-state index < -0.39 is 23.7 Å². The van der Waals surface area contributed by atoms with Gasteiger partial charge in [-0.1, -0.05) is 23.2 Å². The maximum atomic E-state index is 13.2. The van der Waals surface area contributed by atoms with Gasteiger partial charge in [0.05, 0.1) is 0 Å². The topological polar surface area (TPSA) is 50.2 Å². The van der Waals surface area contributed by atoms with Gasteiger partial charge < -0.3 is 5.11 Å². The molecule has 0 spiro atoms. The van der Waals surface area contributed by atoms with Crippen molar-refractivity contribution in [1.82, 2.24) is 4.98 Å². The molecule has 7 heteroatoms. The number of halogens is 4. The van der Waals surface area contributed by atoms with Crippen LogP contribution in [-0.2, 0) is 10.2 Å². The maximum Gasteiger partial charge on any atom is 0.320 e. The molecule has 1 aliphatic carbocycles. The first-order valence-electron chi connectivity index (χ1n) is 4.24. The zero-order valence-corrected chi connectivity index (χ0v) is 9.19. The molecule has 0 aliphatic heterocycles. The number of aliphatic carboxylic acids is 1. The van der Waals surface area contributed by atoms with Crippen molar-refractivity contribution in [3.8, 4) is 0 Å². The van der Waals surface area contributed by atoms with Gasteiger partial charge in [-0.15, -0.1) is 0 Å². The first kappa shape index (κ1) is 11.5. The van der Waals surface area contributed by atoms with Crippen molar-refractivity contribution in [2.75, 3.05) is 0 Å². The normalized spacial score (nSPS) is 26.5. The van der Waals surface area contributed by atoms with Gasteiger partial charge in [-0.2, -0.15) is 0 Å². The molecule has 0 saturated heterocycles. The molecular weight excluding hydrogens is 263 g/mol. The molecule has 0 amide bonds. The van der Waals surface area contributed by atoms with Gasteiger partial charge in [-0.25, -0.2) is 13.8 Å². The molecule has 3 nitrogen and oxygen atoms in total. The second kappa shape index (κ2) is 3.28. The lowest BCUT2D eigenvalue weighted by molar-refractivity contribution is -0.142. The molecule has 1 N–H and O–H groups in total. The van der Waals surface area contributed by atoms with E-state index in [1.54, 1.807) is 0 Å². The molecule has 0 radical (unpaired) electrons. The molecular formula is C9H5Cl2F2NO2. The summed E-state index contributed by atoms with van der Waals surface area (Å²) in [5, 5.41) is 8.68. The van der Waals surface area contributed by atoms with Gasteiger partial charge in [0.25, 0.3) is 5.92 Å². The van der Waals surface area contributed by atoms with E-state index in [9.17, 15) is 13.6 Å². The second-order valence-corrected chi connectivity index (χ2v) is 4.37. The van der Waals surface area contributed by atoms with E-state index in [-0.39, 0.29) is 15.9 Å². The van der Waals surface area contributed by atoms with Crippen LogP contribution in [0.5, 0.6) is 0 Å². The van der Waals surface area contributed by atoms with Crippen LogP contribution >= 0.6 is 23.2 Å². The molecule has 1 heterocycles. The number of carboxylic acid groups (broad SMARTS) is 1. The molecule has 1 unspecified atom stereocenters. The van der Waals surface area contributed by atoms with Crippen LogP contribution in [0.15, 0.2) is 12.1 Å². The van der Waals surface area contributed by atoms with Gasteiger partial charge in [0.15, 0.2) is 5.41 Å². The molecule has 0 aromatic carbocycles. The highest BCUT2D eigenvalue weighted by Gasteiger charge is 2.77. The molecule has 1 atom stereocenters. The highest BCUT2D eigenvalue weighted by Crippen LogP contribution is 2.62. The van der Waals surface area contributed by atoms with Crippen LogP contribution in [-0.4, -0.2) is 22.0 Å². The van der Waals surface area contributed by atoms with Crippen molar-refractivity contribution in [1.29, 1.82) is 0 Å². The van der Waals surface area contributed by atoms with Crippen LogP contribution < -0.4 is 0 Å². The predicted molar refractivity (Wildman–Crippen MR) is 53.1 cm³/mol. The van der Waals surface area contributed by atoms with E-state index in [0.29, 0.717) is 0 Å². The van der Waals surface area contributed by atoms with E-state index >= 15 is 0 Å². The fourth-order valence-corrected chi connectivity index (χ4v) is 2.13. The lowest BCUT2D eigenvalue weighted by Crippen LogP contribution is -2.27. The van der Waals surface area contributed by atoms with Crippen LogP contribution in [0.4, 0.5) is 8.78 Å². The molecule has 1 aromatic rings. The third-order valence-corrected chi connectivity index (χ3v) is 2.99. The minimum atomic E-state index is -3.27. The fraction of sp³-hybridized carbons (Fsp3) is 0.333. The van der Waals surface area contributed by atoms with E-state index in [0.717, 1.165) is 12.1 Å². The Morgan fingerprint density at radius 2 is 1.81 bits per heavy atom. The van der Waals surface area contributed by atoms with Crippen molar-refractivity contribution in [2.24, 2.45) is 0 Å². The van der Waals surface area contributed by atoms with Gasteiger partial charge in [0.2, 0.25) is 0 Å². The number of carbonyl (C=O) groups is 1. The number of alkyl halides is 2. The molecule has 0 bridgehead atoms. The molecule has 86 valence electrons. The Morgan fingerprint density at radius 1 is 1.38 bits per heavy atom. The number of pyridine rings is 1. The van der Waals surface area contributed by atoms with Gasteiger partial charge in [-0.3, -0.25) is 4.79 Å². The molecule has 1 saturated carbocycles. The van der Waals surface area contributed by atoms with Gasteiger partial charge in [-0.05, 0) is 17.7 Å². The minimum Gasteiger partial charge on any atom is -0.480 e. The maximum absolute atomic E-state index is 13.2. The summed E-state index contributed by atoms with van der Waals surface area (Å²) in [5.74, 6) is -4.86. The van der Waals surface area contributed by atoms with Gasteiger partial charge in [0.1, 0.15) is 10.3 Å². The SMILES string of the molecule is O=C(O)C1(c2cc(Cl)nc(Cl)c2)CC1(F)F. The predicted octanol–water partition coefficient (Wildman–Crippen LogP) is 2.75.